The van der Waals surface area contributed by atoms with Gasteiger partial charge in [0.1, 0.15) is 0 Å². The predicted octanol–water partition coefficient (Wildman–Crippen LogP) is 2.25. The Bertz CT molecular complexity index is 385. The van der Waals surface area contributed by atoms with E-state index in [4.69, 9.17) is 9.47 Å². The quantitative estimate of drug-likeness (QED) is 0.717. The summed E-state index contributed by atoms with van der Waals surface area (Å²) >= 11 is 0. The van der Waals surface area contributed by atoms with Gasteiger partial charge in [-0.05, 0) is 31.4 Å². The van der Waals surface area contributed by atoms with Gasteiger partial charge in [-0.25, -0.2) is 4.79 Å². The molecule has 1 aliphatic heterocycles. The van der Waals surface area contributed by atoms with Crippen molar-refractivity contribution in [2.75, 3.05) is 6.61 Å². The molecule has 0 spiro atoms. The summed E-state index contributed by atoms with van der Waals surface area (Å²) in [6.07, 6.45) is 0.208. The molecule has 0 amide bonds. The maximum Gasteiger partial charge on any atom is 0.340 e. The highest BCUT2D eigenvalue weighted by Crippen LogP contribution is 2.28. The van der Waals surface area contributed by atoms with Crippen molar-refractivity contribution in [2.45, 2.75) is 32.5 Å². The Balaban J connectivity index is 2.21. The van der Waals surface area contributed by atoms with Gasteiger partial charge in [-0.2, -0.15) is 0 Å². The molecule has 0 bridgehead atoms. The van der Waals surface area contributed by atoms with Crippen molar-refractivity contribution < 1.29 is 14.3 Å². The molecule has 16 heavy (non-hydrogen) atoms. The van der Waals surface area contributed by atoms with Gasteiger partial charge in [0.2, 0.25) is 0 Å². The van der Waals surface area contributed by atoms with Crippen molar-refractivity contribution in [1.29, 1.82) is 0 Å². The lowest BCUT2D eigenvalue weighted by Crippen LogP contribution is -2.26. The van der Waals surface area contributed by atoms with Crippen molar-refractivity contribution in [3.63, 3.8) is 0 Å². The van der Waals surface area contributed by atoms with Gasteiger partial charge < -0.3 is 9.47 Å². The third-order valence-electron chi connectivity index (χ3n) is 2.56. The van der Waals surface area contributed by atoms with E-state index in [9.17, 15) is 4.79 Å². The maximum absolute atomic E-state index is 11.8. The van der Waals surface area contributed by atoms with Crippen LogP contribution in [0.4, 0.5) is 0 Å². The fourth-order valence-electron chi connectivity index (χ4n) is 1.88. The molecule has 86 valence electrons. The van der Waals surface area contributed by atoms with E-state index in [0.717, 1.165) is 12.0 Å². The highest BCUT2D eigenvalue weighted by Gasteiger charge is 2.28. The fourth-order valence-corrected chi connectivity index (χ4v) is 1.88. The first-order valence-corrected chi connectivity index (χ1v) is 5.58. The number of hydrogen-bond donors (Lipinski definition) is 0. The maximum atomic E-state index is 11.8. The molecule has 1 atom stereocenters. The van der Waals surface area contributed by atoms with Crippen LogP contribution in [-0.4, -0.2) is 18.7 Å². The van der Waals surface area contributed by atoms with E-state index < -0.39 is 6.10 Å². The molecular weight excluding hydrogens is 204 g/mol. The third-order valence-corrected chi connectivity index (χ3v) is 2.56. The lowest BCUT2D eigenvalue weighted by molar-refractivity contribution is -0.162. The van der Waals surface area contributed by atoms with Gasteiger partial charge in [0.05, 0.1) is 12.7 Å². The highest BCUT2D eigenvalue weighted by molar-refractivity contribution is 5.77. The van der Waals surface area contributed by atoms with E-state index in [1.165, 1.54) is 5.56 Å². The van der Waals surface area contributed by atoms with E-state index in [2.05, 4.69) is 0 Å². The average Bonchev–Trinajstić information content (AvgIpc) is 2.27. The molecule has 0 aliphatic carbocycles. The second kappa shape index (κ2) is 4.66. The molecule has 0 N–H and O–H groups in total. The van der Waals surface area contributed by atoms with Crippen molar-refractivity contribution >= 4 is 5.97 Å². The van der Waals surface area contributed by atoms with Gasteiger partial charge in [-0.3, -0.25) is 0 Å². The van der Waals surface area contributed by atoms with Gasteiger partial charge >= 0.3 is 5.97 Å². The SMILES string of the molecule is CC(C)OC(=O)C1OCCc2ccccc21. The number of fused-ring (bicyclic) bond motifs is 1. The molecule has 0 aromatic heterocycles. The summed E-state index contributed by atoms with van der Waals surface area (Å²) in [5.41, 5.74) is 2.12. The number of ether oxygens (including phenoxy) is 2. The van der Waals surface area contributed by atoms with Crippen LogP contribution in [0.3, 0.4) is 0 Å². The third kappa shape index (κ3) is 2.25. The van der Waals surface area contributed by atoms with Crippen LogP contribution < -0.4 is 0 Å². The number of esters is 1. The van der Waals surface area contributed by atoms with Gasteiger partial charge in [0.25, 0.3) is 0 Å². The van der Waals surface area contributed by atoms with Crippen molar-refractivity contribution in [3.8, 4) is 0 Å². The summed E-state index contributed by atoms with van der Waals surface area (Å²) in [5, 5.41) is 0. The molecule has 0 fully saturated rings. The van der Waals surface area contributed by atoms with E-state index in [-0.39, 0.29) is 12.1 Å². The largest absolute Gasteiger partial charge is 0.461 e. The molecule has 1 aromatic rings. The molecule has 3 heteroatoms. The summed E-state index contributed by atoms with van der Waals surface area (Å²) in [6.45, 7) is 4.26. The minimum absolute atomic E-state index is 0.106. The average molecular weight is 220 g/mol. The number of rotatable bonds is 2. The molecule has 2 rings (SSSR count). The fraction of sp³-hybridized carbons (Fsp3) is 0.462. The first-order chi connectivity index (χ1) is 7.68. The van der Waals surface area contributed by atoms with Crippen LogP contribution in [-0.2, 0) is 20.7 Å². The van der Waals surface area contributed by atoms with Crippen LogP contribution in [0.15, 0.2) is 24.3 Å². The topological polar surface area (TPSA) is 35.5 Å². The molecule has 1 aromatic carbocycles. The van der Waals surface area contributed by atoms with Crippen molar-refractivity contribution in [1.82, 2.24) is 0 Å². The minimum atomic E-state index is -0.549. The second-order valence-corrected chi connectivity index (χ2v) is 4.19. The molecule has 1 heterocycles. The Morgan fingerprint density at radius 3 is 2.94 bits per heavy atom. The smallest absolute Gasteiger partial charge is 0.340 e. The second-order valence-electron chi connectivity index (χ2n) is 4.19. The first-order valence-electron chi connectivity index (χ1n) is 5.58. The summed E-state index contributed by atoms with van der Waals surface area (Å²) in [7, 11) is 0. The molecule has 0 saturated heterocycles. The Morgan fingerprint density at radius 2 is 2.19 bits per heavy atom. The van der Waals surface area contributed by atoms with Gasteiger partial charge in [0.15, 0.2) is 6.10 Å². The highest BCUT2D eigenvalue weighted by atomic mass is 16.6. The molecular formula is C13H16O3. The Morgan fingerprint density at radius 1 is 1.44 bits per heavy atom. The Hall–Kier alpha value is -1.35. The number of carbonyl (C=O) groups is 1. The molecule has 0 saturated carbocycles. The van der Waals surface area contributed by atoms with Gasteiger partial charge in [0, 0.05) is 0 Å². The van der Waals surface area contributed by atoms with E-state index in [1.54, 1.807) is 0 Å². The summed E-state index contributed by atoms with van der Waals surface area (Å²) < 4.78 is 10.7. The normalized spacial score (nSPS) is 19.3. The van der Waals surface area contributed by atoms with E-state index in [1.807, 2.05) is 38.1 Å². The first kappa shape index (κ1) is 11.1. The Kier molecular flexibility index (Phi) is 3.25. The predicted molar refractivity (Wildman–Crippen MR) is 60.1 cm³/mol. The van der Waals surface area contributed by atoms with Crippen LogP contribution in [0, 0.1) is 0 Å². The molecule has 1 aliphatic rings. The summed E-state index contributed by atoms with van der Waals surface area (Å²) in [6, 6.07) is 7.87. The standard InChI is InChI=1S/C13H16O3/c1-9(2)16-13(14)12-11-6-4-3-5-10(11)7-8-15-12/h3-6,9,12H,7-8H2,1-2H3. The monoisotopic (exact) mass is 220 g/mol. The summed E-state index contributed by atoms with van der Waals surface area (Å²) in [5.74, 6) is -0.290. The van der Waals surface area contributed by atoms with E-state index >= 15 is 0 Å². The molecule has 1 unspecified atom stereocenters. The molecule has 0 radical (unpaired) electrons. The zero-order valence-corrected chi connectivity index (χ0v) is 9.60. The van der Waals surface area contributed by atoms with Crippen molar-refractivity contribution in [3.05, 3.63) is 35.4 Å². The van der Waals surface area contributed by atoms with Crippen LogP contribution in [0.1, 0.15) is 31.1 Å². The number of benzene rings is 1. The van der Waals surface area contributed by atoms with Crippen LogP contribution in [0.5, 0.6) is 0 Å². The van der Waals surface area contributed by atoms with E-state index in [0.29, 0.717) is 6.61 Å². The zero-order valence-electron chi connectivity index (χ0n) is 9.60. The summed E-state index contributed by atoms with van der Waals surface area (Å²) in [4.78, 5) is 11.8. The Labute approximate surface area is 95.4 Å². The van der Waals surface area contributed by atoms with Crippen LogP contribution in [0.25, 0.3) is 0 Å². The van der Waals surface area contributed by atoms with Crippen LogP contribution >= 0.6 is 0 Å². The lowest BCUT2D eigenvalue weighted by Gasteiger charge is -2.25. The van der Waals surface area contributed by atoms with Crippen LogP contribution in [0.2, 0.25) is 0 Å². The zero-order chi connectivity index (χ0) is 11.5. The van der Waals surface area contributed by atoms with Gasteiger partial charge in [-0.15, -0.1) is 0 Å². The lowest BCUT2D eigenvalue weighted by atomic mass is 9.98. The van der Waals surface area contributed by atoms with Crippen molar-refractivity contribution in [2.24, 2.45) is 0 Å². The number of carbonyl (C=O) groups excluding carboxylic acids is 1. The minimum Gasteiger partial charge on any atom is -0.461 e. The number of hydrogen-bond acceptors (Lipinski definition) is 3. The molecule has 3 nitrogen and oxygen atoms in total. The van der Waals surface area contributed by atoms with Gasteiger partial charge in [-0.1, -0.05) is 24.3 Å².